The number of hydrogen-bond donors (Lipinski definition) is 1. The fourth-order valence-corrected chi connectivity index (χ4v) is 1.98. The number of aromatic nitrogens is 2. The largest absolute Gasteiger partial charge is 0.354 e. The van der Waals surface area contributed by atoms with E-state index >= 15 is 0 Å². The third-order valence-corrected chi connectivity index (χ3v) is 2.71. The quantitative estimate of drug-likeness (QED) is 0.685. The fourth-order valence-electron chi connectivity index (χ4n) is 1.98. The Balaban J connectivity index is 2.42. The van der Waals surface area contributed by atoms with E-state index in [1.807, 2.05) is 12.3 Å². The van der Waals surface area contributed by atoms with Crippen LogP contribution in [0.15, 0.2) is 34.1 Å². The van der Waals surface area contributed by atoms with Crippen LogP contribution >= 0.6 is 0 Å². The van der Waals surface area contributed by atoms with Crippen LogP contribution in [0.5, 0.6) is 0 Å². The molecule has 0 fully saturated rings. The molecule has 0 spiro atoms. The smallest absolute Gasteiger partial charge is 0.349 e. The van der Waals surface area contributed by atoms with E-state index in [0.29, 0.717) is 30.1 Å². The highest BCUT2D eigenvalue weighted by atomic mass is 16.1. The van der Waals surface area contributed by atoms with Crippen LogP contribution in [0.25, 0.3) is 11.0 Å². The van der Waals surface area contributed by atoms with Crippen molar-refractivity contribution in [3.05, 3.63) is 34.7 Å². The Morgan fingerprint density at radius 2 is 2.12 bits per heavy atom. The predicted octanol–water partition coefficient (Wildman–Crippen LogP) is -0.0605. The maximum Gasteiger partial charge on any atom is 0.349 e. The van der Waals surface area contributed by atoms with Gasteiger partial charge in [0, 0.05) is 6.54 Å². The van der Waals surface area contributed by atoms with E-state index in [1.54, 1.807) is 18.2 Å². The van der Waals surface area contributed by atoms with Gasteiger partial charge in [-0.15, -0.1) is 0 Å². The Morgan fingerprint density at radius 1 is 1.35 bits per heavy atom. The van der Waals surface area contributed by atoms with Crippen molar-refractivity contribution in [2.75, 3.05) is 13.1 Å². The standard InChI is InChI=1S/C11H9N5O/c12-7-15-8-3-1-2-4-9(8)16(11(15)17)10-13-5-6-14-10/h1-4H,5-6H2,(H,13,14). The van der Waals surface area contributed by atoms with Crippen molar-refractivity contribution < 1.29 is 0 Å². The molecule has 0 saturated carbocycles. The zero-order valence-electron chi connectivity index (χ0n) is 8.92. The van der Waals surface area contributed by atoms with Gasteiger partial charge in [-0.1, -0.05) is 12.1 Å². The lowest BCUT2D eigenvalue weighted by molar-refractivity contribution is 0.914. The molecule has 0 bridgehead atoms. The Hall–Kier alpha value is -2.55. The van der Waals surface area contributed by atoms with E-state index < -0.39 is 0 Å². The number of hydrogen-bond acceptors (Lipinski definition) is 4. The van der Waals surface area contributed by atoms with Crippen molar-refractivity contribution in [1.29, 1.82) is 5.26 Å². The fraction of sp³-hybridized carbons (Fsp3) is 0.182. The number of benzene rings is 1. The summed E-state index contributed by atoms with van der Waals surface area (Å²) in [6.07, 6.45) is 1.88. The number of nitrogens with zero attached hydrogens (tertiary/aromatic N) is 4. The lowest BCUT2D eigenvalue weighted by atomic mass is 10.3. The average molecular weight is 227 g/mol. The first-order chi connectivity index (χ1) is 8.33. The monoisotopic (exact) mass is 227 g/mol. The van der Waals surface area contributed by atoms with Gasteiger partial charge >= 0.3 is 5.69 Å². The minimum absolute atomic E-state index is 0.387. The number of aliphatic imine (C=N–C) groups is 1. The van der Waals surface area contributed by atoms with E-state index in [1.165, 1.54) is 4.57 Å². The SMILES string of the molecule is N#Cn1c(=O)n(C2=NCCN2)c2ccccc21. The molecule has 0 radical (unpaired) electrons. The molecule has 1 aromatic carbocycles. The van der Waals surface area contributed by atoms with E-state index in [2.05, 4.69) is 10.3 Å². The highest BCUT2D eigenvalue weighted by molar-refractivity contribution is 5.93. The van der Waals surface area contributed by atoms with Gasteiger partial charge in [0.2, 0.25) is 5.96 Å². The number of nitrogens with one attached hydrogen (secondary N) is 1. The topological polar surface area (TPSA) is 75.1 Å². The molecule has 0 unspecified atom stereocenters. The van der Waals surface area contributed by atoms with Gasteiger partial charge < -0.3 is 5.32 Å². The number of fused-ring (bicyclic) bond motifs is 1. The van der Waals surface area contributed by atoms with Gasteiger partial charge in [0.25, 0.3) is 0 Å². The Bertz CT molecular complexity index is 716. The maximum atomic E-state index is 12.1. The maximum absolute atomic E-state index is 12.1. The Labute approximate surface area is 96.4 Å². The minimum Gasteiger partial charge on any atom is -0.354 e. The second kappa shape index (κ2) is 3.49. The van der Waals surface area contributed by atoms with Crippen LogP contribution in [0.3, 0.4) is 0 Å². The third kappa shape index (κ3) is 1.26. The van der Waals surface area contributed by atoms with Crippen molar-refractivity contribution in [2.45, 2.75) is 0 Å². The van der Waals surface area contributed by atoms with Gasteiger partial charge in [-0.3, -0.25) is 4.99 Å². The first-order valence-electron chi connectivity index (χ1n) is 5.24. The molecule has 17 heavy (non-hydrogen) atoms. The van der Waals surface area contributed by atoms with Crippen molar-refractivity contribution in [3.63, 3.8) is 0 Å². The number of para-hydroxylation sites is 2. The van der Waals surface area contributed by atoms with Gasteiger partial charge in [-0.25, -0.2) is 9.36 Å². The molecule has 0 amide bonds. The van der Waals surface area contributed by atoms with Crippen LogP contribution in [0.1, 0.15) is 0 Å². The van der Waals surface area contributed by atoms with Gasteiger partial charge in [0.1, 0.15) is 0 Å². The zero-order valence-corrected chi connectivity index (χ0v) is 8.92. The van der Waals surface area contributed by atoms with E-state index in [-0.39, 0.29) is 5.69 Å². The van der Waals surface area contributed by atoms with Crippen molar-refractivity contribution in [2.24, 2.45) is 4.99 Å². The molecule has 0 saturated heterocycles. The van der Waals surface area contributed by atoms with Crippen LogP contribution < -0.4 is 11.0 Å². The summed E-state index contributed by atoms with van der Waals surface area (Å²) >= 11 is 0. The molecule has 0 aliphatic carbocycles. The summed E-state index contributed by atoms with van der Waals surface area (Å²) in [6, 6.07) is 7.17. The first kappa shape index (κ1) is 9.66. The molecular formula is C11H9N5O. The average Bonchev–Trinajstić information content (AvgIpc) is 2.93. The van der Waals surface area contributed by atoms with Gasteiger partial charge in [-0.05, 0) is 12.1 Å². The van der Waals surface area contributed by atoms with Gasteiger partial charge in [0.05, 0.1) is 17.6 Å². The lowest BCUT2D eigenvalue weighted by Gasteiger charge is -2.02. The van der Waals surface area contributed by atoms with Crippen LogP contribution in [0, 0.1) is 11.5 Å². The minimum atomic E-state index is -0.387. The number of rotatable bonds is 0. The highest BCUT2D eigenvalue weighted by Crippen LogP contribution is 2.11. The van der Waals surface area contributed by atoms with Crippen LogP contribution in [-0.2, 0) is 0 Å². The molecule has 2 heterocycles. The predicted molar refractivity (Wildman–Crippen MR) is 62.9 cm³/mol. The molecule has 84 valence electrons. The summed E-state index contributed by atoms with van der Waals surface area (Å²) < 4.78 is 2.50. The van der Waals surface area contributed by atoms with E-state index in [0.717, 1.165) is 4.57 Å². The lowest BCUT2D eigenvalue weighted by Crippen LogP contribution is -2.35. The van der Waals surface area contributed by atoms with Crippen LogP contribution in [0.4, 0.5) is 0 Å². The highest BCUT2D eigenvalue weighted by Gasteiger charge is 2.18. The van der Waals surface area contributed by atoms with Gasteiger partial charge in [-0.2, -0.15) is 9.83 Å². The molecule has 1 aliphatic rings. The second-order valence-corrected chi connectivity index (χ2v) is 3.67. The third-order valence-electron chi connectivity index (χ3n) is 2.71. The summed E-state index contributed by atoms with van der Waals surface area (Å²) in [4.78, 5) is 16.3. The normalized spacial score (nSPS) is 14.4. The molecule has 0 atom stereocenters. The van der Waals surface area contributed by atoms with E-state index in [9.17, 15) is 4.79 Å². The summed E-state index contributed by atoms with van der Waals surface area (Å²) in [6.45, 7) is 1.36. The summed E-state index contributed by atoms with van der Waals surface area (Å²) in [5, 5.41) is 12.0. The molecule has 3 rings (SSSR count). The first-order valence-corrected chi connectivity index (χ1v) is 5.24. The van der Waals surface area contributed by atoms with Crippen LogP contribution in [0.2, 0.25) is 0 Å². The van der Waals surface area contributed by atoms with Crippen molar-refractivity contribution in [3.8, 4) is 6.19 Å². The van der Waals surface area contributed by atoms with Crippen molar-refractivity contribution >= 4 is 17.0 Å². The summed E-state index contributed by atoms with van der Waals surface area (Å²) in [5.41, 5.74) is 0.894. The van der Waals surface area contributed by atoms with Crippen molar-refractivity contribution in [1.82, 2.24) is 14.5 Å². The summed E-state index contributed by atoms with van der Waals surface area (Å²) in [5.74, 6) is 0.514. The number of nitriles is 1. The molecule has 1 aliphatic heterocycles. The van der Waals surface area contributed by atoms with Crippen LogP contribution in [-0.4, -0.2) is 28.2 Å². The molecule has 2 aromatic rings. The Kier molecular flexibility index (Phi) is 1.98. The molecular weight excluding hydrogens is 218 g/mol. The summed E-state index contributed by atoms with van der Waals surface area (Å²) in [7, 11) is 0. The zero-order chi connectivity index (χ0) is 11.8. The molecule has 1 aromatic heterocycles. The van der Waals surface area contributed by atoms with E-state index in [4.69, 9.17) is 5.26 Å². The van der Waals surface area contributed by atoms with Gasteiger partial charge in [0.15, 0.2) is 6.19 Å². The molecule has 6 nitrogen and oxygen atoms in total. The number of imidazole rings is 1. The Morgan fingerprint density at radius 3 is 2.76 bits per heavy atom. The second-order valence-electron chi connectivity index (χ2n) is 3.67. The molecule has 6 heteroatoms. The molecule has 1 N–H and O–H groups in total.